The monoisotopic (exact) mass is 352 g/mol. The average Bonchev–Trinajstić information content (AvgIpc) is 3.03. The fourth-order valence-corrected chi connectivity index (χ4v) is 2.64. The molecule has 0 saturated carbocycles. The number of aromatic hydroxyl groups is 1. The minimum absolute atomic E-state index is 0.000769. The number of para-hydroxylation sites is 2. The van der Waals surface area contributed by atoms with Crippen LogP contribution in [0.4, 0.5) is 0 Å². The predicted molar refractivity (Wildman–Crippen MR) is 96.3 cm³/mol. The van der Waals surface area contributed by atoms with Gasteiger partial charge in [0.1, 0.15) is 0 Å². The summed E-state index contributed by atoms with van der Waals surface area (Å²) in [4.78, 5) is 16.4. The van der Waals surface area contributed by atoms with Gasteiger partial charge in [-0.3, -0.25) is 4.79 Å². The van der Waals surface area contributed by atoms with Crippen molar-refractivity contribution >= 4 is 5.91 Å². The first-order chi connectivity index (χ1) is 12.6. The van der Waals surface area contributed by atoms with Crippen LogP contribution in [0.3, 0.4) is 0 Å². The van der Waals surface area contributed by atoms with Crippen molar-refractivity contribution in [3.8, 4) is 17.3 Å². The van der Waals surface area contributed by atoms with E-state index in [0.29, 0.717) is 0 Å². The molecule has 0 spiro atoms. The summed E-state index contributed by atoms with van der Waals surface area (Å²) in [6.45, 7) is 3.62. The predicted octanol–water partition coefficient (Wildman–Crippen LogP) is 2.54. The van der Waals surface area contributed by atoms with Gasteiger partial charge in [-0.2, -0.15) is 5.10 Å². The summed E-state index contributed by atoms with van der Waals surface area (Å²) >= 11 is 0. The number of nitrogens with one attached hydrogen (secondary N) is 1. The summed E-state index contributed by atoms with van der Waals surface area (Å²) in [7, 11) is 0. The lowest BCUT2D eigenvalue weighted by Crippen LogP contribution is -2.31. The first-order valence-corrected chi connectivity index (χ1v) is 8.22. The van der Waals surface area contributed by atoms with Crippen molar-refractivity contribution in [2.24, 2.45) is 0 Å². The molecule has 2 N–H and O–H groups in total. The first kappa shape index (κ1) is 17.5. The van der Waals surface area contributed by atoms with E-state index in [4.69, 9.17) is 4.74 Å². The largest absolute Gasteiger partial charge is 0.504 e. The van der Waals surface area contributed by atoms with Gasteiger partial charge in [-0.05, 0) is 38.1 Å². The molecular formula is C19H20N4O3. The first-order valence-electron chi connectivity index (χ1n) is 8.22. The van der Waals surface area contributed by atoms with Crippen LogP contribution in [0.15, 0.2) is 54.9 Å². The number of phenols is 1. The van der Waals surface area contributed by atoms with Crippen molar-refractivity contribution in [2.45, 2.75) is 19.9 Å². The Morgan fingerprint density at radius 1 is 1.27 bits per heavy atom. The van der Waals surface area contributed by atoms with Crippen LogP contribution >= 0.6 is 0 Å². The van der Waals surface area contributed by atoms with Crippen molar-refractivity contribution in [3.05, 3.63) is 66.1 Å². The number of phenolic OH excluding ortho intramolecular Hbond substituents is 1. The molecule has 3 rings (SSSR count). The maximum Gasteiger partial charge on any atom is 0.258 e. The number of nitrogens with zero attached hydrogens (tertiary/aromatic N) is 3. The quantitative estimate of drug-likeness (QED) is 0.712. The van der Waals surface area contributed by atoms with E-state index in [9.17, 15) is 9.90 Å². The second kappa shape index (κ2) is 7.69. The van der Waals surface area contributed by atoms with E-state index in [0.717, 1.165) is 17.1 Å². The van der Waals surface area contributed by atoms with Gasteiger partial charge in [0, 0.05) is 17.5 Å². The Hall–Kier alpha value is -3.35. The van der Waals surface area contributed by atoms with Gasteiger partial charge < -0.3 is 15.2 Å². The third-order valence-corrected chi connectivity index (χ3v) is 3.98. The molecule has 1 aromatic carbocycles. The van der Waals surface area contributed by atoms with E-state index >= 15 is 0 Å². The second-order valence-corrected chi connectivity index (χ2v) is 5.83. The minimum Gasteiger partial charge on any atom is -0.504 e. The molecule has 7 nitrogen and oxygen atoms in total. The van der Waals surface area contributed by atoms with Gasteiger partial charge in [0.15, 0.2) is 23.9 Å². The number of hydrogen-bond donors (Lipinski definition) is 2. The van der Waals surface area contributed by atoms with Crippen molar-refractivity contribution in [1.82, 2.24) is 20.1 Å². The van der Waals surface area contributed by atoms with E-state index in [1.165, 1.54) is 6.07 Å². The van der Waals surface area contributed by atoms with Crippen LogP contribution in [0.1, 0.15) is 24.2 Å². The highest BCUT2D eigenvalue weighted by molar-refractivity contribution is 5.78. The molecular weight excluding hydrogens is 332 g/mol. The number of carbonyl (C=O) groups is 1. The van der Waals surface area contributed by atoms with Crippen molar-refractivity contribution in [2.75, 3.05) is 6.61 Å². The Morgan fingerprint density at radius 3 is 2.77 bits per heavy atom. The number of benzene rings is 1. The molecule has 0 saturated heterocycles. The molecule has 0 fully saturated rings. The van der Waals surface area contributed by atoms with Crippen molar-refractivity contribution < 1.29 is 14.6 Å². The van der Waals surface area contributed by atoms with Crippen molar-refractivity contribution in [3.63, 3.8) is 0 Å². The van der Waals surface area contributed by atoms with Gasteiger partial charge in [0.2, 0.25) is 0 Å². The van der Waals surface area contributed by atoms with E-state index in [2.05, 4.69) is 15.4 Å². The number of amides is 1. The number of aromatic nitrogens is 3. The van der Waals surface area contributed by atoms with Crippen LogP contribution in [-0.2, 0) is 4.79 Å². The molecule has 0 bridgehead atoms. The maximum atomic E-state index is 12.1. The fraction of sp³-hybridized carbons (Fsp3) is 0.211. The molecule has 0 aliphatic heterocycles. The molecule has 0 aliphatic carbocycles. The highest BCUT2D eigenvalue weighted by Gasteiger charge is 2.17. The van der Waals surface area contributed by atoms with E-state index in [1.807, 2.05) is 32.0 Å². The summed E-state index contributed by atoms with van der Waals surface area (Å²) in [5, 5.41) is 16.9. The Balaban J connectivity index is 1.63. The highest BCUT2D eigenvalue weighted by atomic mass is 16.5. The number of hydrogen-bond acceptors (Lipinski definition) is 5. The third-order valence-electron chi connectivity index (χ3n) is 3.98. The van der Waals surface area contributed by atoms with E-state index < -0.39 is 0 Å². The molecule has 26 heavy (non-hydrogen) atoms. The summed E-state index contributed by atoms with van der Waals surface area (Å²) in [6, 6.07) is 11.9. The molecule has 1 unspecified atom stereocenters. The Kier molecular flexibility index (Phi) is 5.17. The zero-order chi connectivity index (χ0) is 18.5. The van der Waals surface area contributed by atoms with E-state index in [-0.39, 0.29) is 30.1 Å². The van der Waals surface area contributed by atoms with E-state index in [1.54, 1.807) is 35.3 Å². The summed E-state index contributed by atoms with van der Waals surface area (Å²) in [6.07, 6.45) is 3.43. The van der Waals surface area contributed by atoms with Gasteiger partial charge >= 0.3 is 0 Å². The van der Waals surface area contributed by atoms with Crippen LogP contribution in [0.25, 0.3) is 5.82 Å². The molecule has 134 valence electrons. The van der Waals surface area contributed by atoms with Gasteiger partial charge in [-0.1, -0.05) is 18.2 Å². The van der Waals surface area contributed by atoms with Gasteiger partial charge in [0.25, 0.3) is 5.91 Å². The average molecular weight is 352 g/mol. The molecule has 2 aromatic heterocycles. The lowest BCUT2D eigenvalue weighted by Gasteiger charge is -2.14. The summed E-state index contributed by atoms with van der Waals surface area (Å²) < 4.78 is 7.08. The Labute approximate surface area is 151 Å². The standard InChI is InChI=1S/C19H20N4O3/c1-13(22-19(25)12-26-17-8-4-3-7-16(17)24)15-11-21-23(14(15)2)18-9-5-6-10-20-18/h3-11,13,24H,12H2,1-2H3,(H,22,25). The molecule has 2 heterocycles. The lowest BCUT2D eigenvalue weighted by molar-refractivity contribution is -0.123. The third kappa shape index (κ3) is 3.83. The molecule has 3 aromatic rings. The highest BCUT2D eigenvalue weighted by Crippen LogP contribution is 2.24. The molecule has 7 heteroatoms. The smallest absolute Gasteiger partial charge is 0.258 e. The van der Waals surface area contributed by atoms with Crippen LogP contribution in [0, 0.1) is 6.92 Å². The fourth-order valence-electron chi connectivity index (χ4n) is 2.64. The summed E-state index contributed by atoms with van der Waals surface area (Å²) in [5.41, 5.74) is 1.80. The number of ether oxygens (including phenoxy) is 1. The zero-order valence-electron chi connectivity index (χ0n) is 14.6. The Morgan fingerprint density at radius 2 is 2.04 bits per heavy atom. The SMILES string of the molecule is Cc1c(C(C)NC(=O)COc2ccccc2O)cnn1-c1ccccn1. The minimum atomic E-state index is -0.286. The summed E-state index contributed by atoms with van der Waals surface area (Å²) in [5.74, 6) is 0.707. The zero-order valence-corrected chi connectivity index (χ0v) is 14.6. The normalized spacial score (nSPS) is 11.8. The van der Waals surface area contributed by atoms with Gasteiger partial charge in [0.05, 0.1) is 12.2 Å². The van der Waals surface area contributed by atoms with Gasteiger partial charge in [-0.25, -0.2) is 9.67 Å². The molecule has 0 aliphatic rings. The lowest BCUT2D eigenvalue weighted by atomic mass is 10.1. The second-order valence-electron chi connectivity index (χ2n) is 5.83. The van der Waals surface area contributed by atoms with Gasteiger partial charge in [-0.15, -0.1) is 0 Å². The van der Waals surface area contributed by atoms with Crippen LogP contribution in [0.2, 0.25) is 0 Å². The molecule has 1 amide bonds. The number of carbonyl (C=O) groups excluding carboxylic acids is 1. The topological polar surface area (TPSA) is 89.3 Å². The van der Waals surface area contributed by atoms with Crippen LogP contribution < -0.4 is 10.1 Å². The van der Waals surface area contributed by atoms with Crippen LogP contribution in [-0.4, -0.2) is 32.4 Å². The molecule has 1 atom stereocenters. The van der Waals surface area contributed by atoms with Crippen molar-refractivity contribution in [1.29, 1.82) is 0 Å². The maximum absolute atomic E-state index is 12.1. The van der Waals surface area contributed by atoms with Crippen LogP contribution in [0.5, 0.6) is 11.5 Å². The number of pyridine rings is 1. The molecule has 0 radical (unpaired) electrons. The Bertz CT molecular complexity index is 893. The number of rotatable bonds is 6.